The van der Waals surface area contributed by atoms with Crippen LogP contribution in [-0.2, 0) is 6.54 Å². The maximum atomic E-state index is 12.1. The molecule has 2 aromatic carbocycles. The molecule has 0 spiro atoms. The first-order valence-corrected chi connectivity index (χ1v) is 5.76. The molecule has 1 amide bonds. The number of amides is 1. The molecular weight excluding hydrogens is 226 g/mol. The van der Waals surface area contributed by atoms with Crippen molar-refractivity contribution in [3.8, 4) is 5.75 Å². The van der Waals surface area contributed by atoms with Crippen LogP contribution in [0.15, 0.2) is 54.6 Å². The van der Waals surface area contributed by atoms with Crippen molar-refractivity contribution in [3.63, 3.8) is 0 Å². The Balaban J connectivity index is 2.13. The number of rotatable bonds is 3. The van der Waals surface area contributed by atoms with Gasteiger partial charge in [-0.15, -0.1) is 0 Å². The molecule has 0 radical (unpaired) electrons. The van der Waals surface area contributed by atoms with Crippen molar-refractivity contribution in [1.82, 2.24) is 4.90 Å². The third-order valence-electron chi connectivity index (χ3n) is 2.74. The molecule has 2 aromatic rings. The Morgan fingerprint density at radius 2 is 1.67 bits per heavy atom. The summed E-state index contributed by atoms with van der Waals surface area (Å²) >= 11 is 0. The molecule has 0 saturated carbocycles. The van der Waals surface area contributed by atoms with E-state index in [1.165, 1.54) is 6.07 Å². The van der Waals surface area contributed by atoms with Crippen LogP contribution in [0.5, 0.6) is 5.75 Å². The van der Waals surface area contributed by atoms with E-state index in [-0.39, 0.29) is 11.7 Å². The third kappa shape index (κ3) is 2.69. The highest BCUT2D eigenvalue weighted by molar-refractivity contribution is 5.96. The average molecular weight is 241 g/mol. The summed E-state index contributed by atoms with van der Waals surface area (Å²) in [5.41, 5.74) is 1.39. The van der Waals surface area contributed by atoms with Gasteiger partial charge in [-0.3, -0.25) is 4.79 Å². The molecule has 0 unspecified atom stereocenters. The van der Waals surface area contributed by atoms with E-state index < -0.39 is 0 Å². The van der Waals surface area contributed by atoms with Gasteiger partial charge in [-0.2, -0.15) is 0 Å². The quantitative estimate of drug-likeness (QED) is 0.897. The lowest BCUT2D eigenvalue weighted by molar-refractivity contribution is 0.0782. The monoisotopic (exact) mass is 241 g/mol. The Bertz CT molecular complexity index is 537. The smallest absolute Gasteiger partial charge is 0.257 e. The van der Waals surface area contributed by atoms with Crippen molar-refractivity contribution in [2.24, 2.45) is 0 Å². The van der Waals surface area contributed by atoms with Gasteiger partial charge in [-0.05, 0) is 17.7 Å². The van der Waals surface area contributed by atoms with Gasteiger partial charge < -0.3 is 10.0 Å². The van der Waals surface area contributed by atoms with Gasteiger partial charge in [0, 0.05) is 13.6 Å². The number of para-hydroxylation sites is 1. The topological polar surface area (TPSA) is 40.5 Å². The number of phenolic OH excluding ortho intramolecular Hbond substituents is 1. The normalized spacial score (nSPS) is 10.1. The maximum absolute atomic E-state index is 12.1. The van der Waals surface area contributed by atoms with Crippen LogP contribution in [0.1, 0.15) is 15.9 Å². The SMILES string of the molecule is CN(Cc1ccccc1)C(=O)c1ccccc1O. The summed E-state index contributed by atoms with van der Waals surface area (Å²) in [5.74, 6) is -0.167. The Hall–Kier alpha value is -2.29. The van der Waals surface area contributed by atoms with Crippen LogP contribution in [0.4, 0.5) is 0 Å². The van der Waals surface area contributed by atoms with E-state index in [1.807, 2.05) is 30.3 Å². The summed E-state index contributed by atoms with van der Waals surface area (Å²) in [6, 6.07) is 16.3. The molecule has 0 aromatic heterocycles. The Morgan fingerprint density at radius 3 is 2.33 bits per heavy atom. The number of hydrogen-bond donors (Lipinski definition) is 1. The number of aromatic hydroxyl groups is 1. The van der Waals surface area contributed by atoms with E-state index >= 15 is 0 Å². The zero-order valence-corrected chi connectivity index (χ0v) is 10.2. The highest BCUT2D eigenvalue weighted by Gasteiger charge is 2.14. The summed E-state index contributed by atoms with van der Waals surface area (Å²) in [6.07, 6.45) is 0. The maximum Gasteiger partial charge on any atom is 0.257 e. The third-order valence-corrected chi connectivity index (χ3v) is 2.74. The minimum absolute atomic E-state index is 0.0161. The minimum atomic E-state index is -0.183. The molecule has 0 heterocycles. The van der Waals surface area contributed by atoms with Crippen molar-refractivity contribution in [2.45, 2.75) is 6.54 Å². The molecule has 0 fully saturated rings. The van der Waals surface area contributed by atoms with E-state index in [2.05, 4.69) is 0 Å². The zero-order valence-electron chi connectivity index (χ0n) is 10.2. The molecular formula is C15H15NO2. The van der Waals surface area contributed by atoms with Gasteiger partial charge in [0.15, 0.2) is 0 Å². The van der Waals surface area contributed by atoms with Crippen LogP contribution < -0.4 is 0 Å². The molecule has 1 N–H and O–H groups in total. The number of phenols is 1. The summed E-state index contributed by atoms with van der Waals surface area (Å²) in [5, 5.41) is 9.65. The first-order valence-electron chi connectivity index (χ1n) is 5.76. The van der Waals surface area contributed by atoms with Crippen LogP contribution in [-0.4, -0.2) is 23.0 Å². The standard InChI is InChI=1S/C15H15NO2/c1-16(11-12-7-3-2-4-8-12)15(18)13-9-5-6-10-14(13)17/h2-10,17H,11H2,1H3. The second kappa shape index (κ2) is 5.36. The van der Waals surface area contributed by atoms with Crippen molar-refractivity contribution >= 4 is 5.91 Å². The Morgan fingerprint density at radius 1 is 1.06 bits per heavy atom. The van der Waals surface area contributed by atoms with E-state index in [0.717, 1.165) is 5.56 Å². The number of carbonyl (C=O) groups is 1. The fraction of sp³-hybridized carbons (Fsp3) is 0.133. The average Bonchev–Trinajstić information content (AvgIpc) is 2.39. The molecule has 92 valence electrons. The van der Waals surface area contributed by atoms with Gasteiger partial charge in [-0.1, -0.05) is 42.5 Å². The summed E-state index contributed by atoms with van der Waals surface area (Å²) in [6.45, 7) is 0.522. The first-order chi connectivity index (χ1) is 8.68. The lowest BCUT2D eigenvalue weighted by atomic mass is 10.1. The van der Waals surface area contributed by atoms with Gasteiger partial charge in [0.2, 0.25) is 0 Å². The van der Waals surface area contributed by atoms with Crippen molar-refractivity contribution in [3.05, 3.63) is 65.7 Å². The number of hydrogen-bond acceptors (Lipinski definition) is 2. The zero-order chi connectivity index (χ0) is 13.0. The van der Waals surface area contributed by atoms with E-state index in [4.69, 9.17) is 0 Å². The highest BCUT2D eigenvalue weighted by atomic mass is 16.3. The Kier molecular flexibility index (Phi) is 3.63. The molecule has 0 aliphatic carbocycles. The molecule has 0 saturated heterocycles. The number of carbonyl (C=O) groups excluding carboxylic acids is 1. The highest BCUT2D eigenvalue weighted by Crippen LogP contribution is 2.18. The van der Waals surface area contributed by atoms with Gasteiger partial charge in [0.1, 0.15) is 5.75 Å². The summed E-state index contributed by atoms with van der Waals surface area (Å²) in [7, 11) is 1.72. The van der Waals surface area contributed by atoms with Gasteiger partial charge >= 0.3 is 0 Å². The molecule has 0 bridgehead atoms. The molecule has 3 heteroatoms. The number of nitrogens with zero attached hydrogens (tertiary/aromatic N) is 1. The fourth-order valence-electron chi connectivity index (χ4n) is 1.79. The van der Waals surface area contributed by atoms with Gasteiger partial charge in [-0.25, -0.2) is 0 Å². The van der Waals surface area contributed by atoms with Gasteiger partial charge in [0.25, 0.3) is 5.91 Å². The predicted molar refractivity (Wildman–Crippen MR) is 70.3 cm³/mol. The van der Waals surface area contributed by atoms with Gasteiger partial charge in [0.05, 0.1) is 5.56 Å². The molecule has 0 atom stereocenters. The van der Waals surface area contributed by atoms with Crippen molar-refractivity contribution in [2.75, 3.05) is 7.05 Å². The lowest BCUT2D eigenvalue weighted by Gasteiger charge is -2.17. The minimum Gasteiger partial charge on any atom is -0.507 e. The van der Waals surface area contributed by atoms with E-state index in [0.29, 0.717) is 12.1 Å². The van der Waals surface area contributed by atoms with E-state index in [9.17, 15) is 9.90 Å². The van der Waals surface area contributed by atoms with Crippen molar-refractivity contribution < 1.29 is 9.90 Å². The number of benzene rings is 2. The fourth-order valence-corrected chi connectivity index (χ4v) is 1.79. The summed E-state index contributed by atoms with van der Waals surface area (Å²) in [4.78, 5) is 13.7. The van der Waals surface area contributed by atoms with Crippen LogP contribution in [0.3, 0.4) is 0 Å². The van der Waals surface area contributed by atoms with E-state index in [1.54, 1.807) is 30.1 Å². The second-order valence-corrected chi connectivity index (χ2v) is 4.16. The second-order valence-electron chi connectivity index (χ2n) is 4.16. The first kappa shape index (κ1) is 12.2. The molecule has 2 rings (SSSR count). The van der Waals surface area contributed by atoms with Crippen LogP contribution in [0.25, 0.3) is 0 Å². The predicted octanol–water partition coefficient (Wildman–Crippen LogP) is 2.66. The van der Waals surface area contributed by atoms with Crippen LogP contribution in [0.2, 0.25) is 0 Å². The molecule has 0 aliphatic heterocycles. The molecule has 18 heavy (non-hydrogen) atoms. The Labute approximate surface area is 106 Å². The van der Waals surface area contributed by atoms with Crippen LogP contribution in [0, 0.1) is 0 Å². The van der Waals surface area contributed by atoms with Crippen LogP contribution >= 0.6 is 0 Å². The van der Waals surface area contributed by atoms with Crippen molar-refractivity contribution in [1.29, 1.82) is 0 Å². The largest absolute Gasteiger partial charge is 0.507 e. The molecule has 3 nitrogen and oxygen atoms in total. The summed E-state index contributed by atoms with van der Waals surface area (Å²) < 4.78 is 0. The molecule has 0 aliphatic rings. The lowest BCUT2D eigenvalue weighted by Crippen LogP contribution is -2.26.